The SMILES string of the molecule is CCN(CC)c1cc(NN=Cc2c[nH]c3ccccc23)nc(OCCN2CCOCC2)n1. The van der Waals surface area contributed by atoms with Gasteiger partial charge in [0.2, 0.25) is 0 Å². The first-order chi connectivity index (χ1) is 15.8. The number of hydrogen-bond donors (Lipinski definition) is 2. The molecule has 0 amide bonds. The molecule has 1 saturated heterocycles. The van der Waals surface area contributed by atoms with Crippen LogP contribution in [0.25, 0.3) is 10.9 Å². The average molecular weight is 438 g/mol. The highest BCUT2D eigenvalue weighted by molar-refractivity contribution is 5.99. The Morgan fingerprint density at radius 1 is 1.22 bits per heavy atom. The van der Waals surface area contributed by atoms with Crippen LogP contribution >= 0.6 is 0 Å². The lowest BCUT2D eigenvalue weighted by Gasteiger charge is -2.26. The van der Waals surface area contributed by atoms with E-state index in [1.165, 1.54) is 0 Å². The highest BCUT2D eigenvalue weighted by Gasteiger charge is 2.13. The maximum Gasteiger partial charge on any atom is 0.320 e. The Morgan fingerprint density at radius 2 is 2.03 bits per heavy atom. The van der Waals surface area contributed by atoms with Gasteiger partial charge in [-0.3, -0.25) is 10.3 Å². The van der Waals surface area contributed by atoms with Gasteiger partial charge in [-0.2, -0.15) is 15.1 Å². The Balaban J connectivity index is 1.45. The number of hydrogen-bond acceptors (Lipinski definition) is 8. The van der Waals surface area contributed by atoms with Crippen LogP contribution < -0.4 is 15.1 Å². The van der Waals surface area contributed by atoms with Gasteiger partial charge in [-0.25, -0.2) is 0 Å². The van der Waals surface area contributed by atoms with E-state index in [-0.39, 0.29) is 0 Å². The van der Waals surface area contributed by atoms with Crippen LogP contribution in [0.15, 0.2) is 41.6 Å². The number of H-pyrrole nitrogens is 1. The smallest absolute Gasteiger partial charge is 0.320 e. The molecule has 0 aliphatic carbocycles. The Labute approximate surface area is 188 Å². The summed E-state index contributed by atoms with van der Waals surface area (Å²) in [6, 6.07) is 10.4. The van der Waals surface area contributed by atoms with Gasteiger partial charge >= 0.3 is 6.01 Å². The minimum Gasteiger partial charge on any atom is -0.462 e. The molecular weight excluding hydrogens is 406 g/mol. The quantitative estimate of drug-likeness (QED) is 0.372. The van der Waals surface area contributed by atoms with Crippen LogP contribution in [-0.2, 0) is 4.74 Å². The van der Waals surface area contributed by atoms with E-state index in [9.17, 15) is 0 Å². The van der Waals surface area contributed by atoms with E-state index >= 15 is 0 Å². The van der Waals surface area contributed by atoms with Crippen molar-refractivity contribution in [3.63, 3.8) is 0 Å². The van der Waals surface area contributed by atoms with Crippen molar-refractivity contribution in [3.05, 3.63) is 42.1 Å². The van der Waals surface area contributed by atoms with Gasteiger partial charge < -0.3 is 19.4 Å². The number of para-hydroxylation sites is 1. The summed E-state index contributed by atoms with van der Waals surface area (Å²) in [4.78, 5) is 16.9. The predicted octanol–water partition coefficient (Wildman–Crippen LogP) is 2.96. The van der Waals surface area contributed by atoms with Crippen molar-refractivity contribution >= 4 is 28.8 Å². The molecule has 0 spiro atoms. The molecule has 170 valence electrons. The number of aromatic amines is 1. The Kier molecular flexibility index (Phi) is 7.52. The lowest BCUT2D eigenvalue weighted by atomic mass is 10.2. The van der Waals surface area contributed by atoms with Gasteiger partial charge in [0.15, 0.2) is 5.82 Å². The lowest BCUT2D eigenvalue weighted by molar-refractivity contribution is 0.0317. The maximum absolute atomic E-state index is 5.91. The zero-order chi connectivity index (χ0) is 22.2. The van der Waals surface area contributed by atoms with E-state index in [4.69, 9.17) is 9.47 Å². The highest BCUT2D eigenvalue weighted by atomic mass is 16.5. The van der Waals surface area contributed by atoms with Gasteiger partial charge in [0.1, 0.15) is 12.4 Å². The number of nitrogens with zero attached hydrogens (tertiary/aromatic N) is 5. The van der Waals surface area contributed by atoms with Crippen molar-refractivity contribution < 1.29 is 9.47 Å². The minimum atomic E-state index is 0.354. The number of hydrazone groups is 1. The summed E-state index contributed by atoms with van der Waals surface area (Å²) in [5, 5.41) is 5.52. The van der Waals surface area contributed by atoms with Crippen LogP contribution in [0.4, 0.5) is 11.6 Å². The van der Waals surface area contributed by atoms with Gasteiger partial charge in [0.25, 0.3) is 0 Å². The molecule has 9 heteroatoms. The number of rotatable bonds is 10. The molecule has 1 aliphatic heterocycles. The second kappa shape index (κ2) is 10.9. The standard InChI is InChI=1S/C23H31N7O2/c1-3-30(4-2)22-15-21(26-23(27-22)32-14-11-29-9-12-31-13-10-29)28-25-17-18-16-24-20-8-6-5-7-19(18)20/h5-8,15-17,24H,3-4,9-14H2,1-2H3,(H,26,27,28). The molecule has 3 aromatic rings. The second-order valence-electron chi connectivity index (χ2n) is 7.53. The first-order valence-corrected chi connectivity index (χ1v) is 11.2. The summed E-state index contributed by atoms with van der Waals surface area (Å²) in [5.41, 5.74) is 5.13. The van der Waals surface area contributed by atoms with Gasteiger partial charge in [-0.05, 0) is 19.9 Å². The summed E-state index contributed by atoms with van der Waals surface area (Å²) in [6.07, 6.45) is 3.73. The molecule has 4 rings (SSSR count). The maximum atomic E-state index is 5.91. The number of benzene rings is 1. The predicted molar refractivity (Wildman–Crippen MR) is 128 cm³/mol. The molecule has 0 unspecified atom stereocenters. The highest BCUT2D eigenvalue weighted by Crippen LogP contribution is 2.20. The molecule has 9 nitrogen and oxygen atoms in total. The first-order valence-electron chi connectivity index (χ1n) is 11.2. The Hall–Kier alpha value is -3.17. The van der Waals surface area contributed by atoms with Crippen molar-refractivity contribution in [3.8, 4) is 6.01 Å². The second-order valence-corrected chi connectivity index (χ2v) is 7.53. The first kappa shape index (κ1) is 22.0. The molecule has 2 N–H and O–H groups in total. The van der Waals surface area contributed by atoms with E-state index in [0.717, 1.165) is 68.2 Å². The summed E-state index contributed by atoms with van der Waals surface area (Å²) >= 11 is 0. The van der Waals surface area contributed by atoms with Crippen LogP contribution in [-0.4, -0.2) is 78.6 Å². The van der Waals surface area contributed by atoms with Gasteiger partial charge in [-0.15, -0.1) is 0 Å². The molecule has 32 heavy (non-hydrogen) atoms. The zero-order valence-corrected chi connectivity index (χ0v) is 18.8. The minimum absolute atomic E-state index is 0.354. The summed E-state index contributed by atoms with van der Waals surface area (Å²) in [5.74, 6) is 1.41. The molecule has 3 heterocycles. The number of morpholine rings is 1. The van der Waals surface area contributed by atoms with E-state index in [1.807, 2.05) is 30.5 Å². The lowest BCUT2D eigenvalue weighted by Crippen LogP contribution is -2.38. The normalized spacial score (nSPS) is 14.8. The van der Waals surface area contributed by atoms with E-state index in [1.54, 1.807) is 6.21 Å². The van der Waals surface area contributed by atoms with Gasteiger partial charge in [0.05, 0.1) is 19.4 Å². The van der Waals surface area contributed by atoms with E-state index in [2.05, 4.69) is 55.2 Å². The third-order valence-corrected chi connectivity index (χ3v) is 5.53. The summed E-state index contributed by atoms with van der Waals surface area (Å²) < 4.78 is 11.3. The van der Waals surface area contributed by atoms with Crippen molar-refractivity contribution in [2.24, 2.45) is 5.10 Å². The third kappa shape index (κ3) is 5.54. The topological polar surface area (TPSA) is 90.9 Å². The van der Waals surface area contributed by atoms with E-state index < -0.39 is 0 Å². The molecule has 2 aromatic heterocycles. The fraction of sp³-hybridized carbons (Fsp3) is 0.435. The van der Waals surface area contributed by atoms with Crippen molar-refractivity contribution in [2.75, 3.05) is 62.9 Å². The van der Waals surface area contributed by atoms with Crippen LogP contribution in [0.2, 0.25) is 0 Å². The van der Waals surface area contributed by atoms with Crippen molar-refractivity contribution in [1.82, 2.24) is 19.9 Å². The molecule has 1 fully saturated rings. The molecule has 1 aromatic carbocycles. The van der Waals surface area contributed by atoms with Gasteiger partial charge in [-0.1, -0.05) is 18.2 Å². The Morgan fingerprint density at radius 3 is 2.84 bits per heavy atom. The van der Waals surface area contributed by atoms with Crippen LogP contribution in [0.1, 0.15) is 19.4 Å². The monoisotopic (exact) mass is 437 g/mol. The molecule has 0 saturated carbocycles. The zero-order valence-electron chi connectivity index (χ0n) is 18.8. The van der Waals surface area contributed by atoms with Crippen molar-refractivity contribution in [1.29, 1.82) is 0 Å². The number of nitrogens with one attached hydrogen (secondary N) is 2. The van der Waals surface area contributed by atoms with Crippen molar-refractivity contribution in [2.45, 2.75) is 13.8 Å². The number of fused-ring (bicyclic) bond motifs is 1. The average Bonchev–Trinajstić information content (AvgIpc) is 3.24. The molecule has 0 atom stereocenters. The molecular formula is C23H31N7O2. The van der Waals surface area contributed by atoms with E-state index in [0.29, 0.717) is 18.4 Å². The molecule has 0 radical (unpaired) electrons. The number of aromatic nitrogens is 3. The van der Waals surface area contributed by atoms with Crippen LogP contribution in [0, 0.1) is 0 Å². The fourth-order valence-electron chi connectivity index (χ4n) is 3.70. The summed E-state index contributed by atoms with van der Waals surface area (Å²) in [6.45, 7) is 10.7. The Bertz CT molecular complexity index is 1030. The molecule has 1 aliphatic rings. The van der Waals surface area contributed by atoms with Gasteiger partial charge in [0, 0.05) is 61.5 Å². The molecule has 0 bridgehead atoms. The fourth-order valence-corrected chi connectivity index (χ4v) is 3.70. The third-order valence-electron chi connectivity index (χ3n) is 5.53. The number of ether oxygens (including phenoxy) is 2. The van der Waals surface area contributed by atoms with Crippen LogP contribution in [0.5, 0.6) is 6.01 Å². The van der Waals surface area contributed by atoms with Crippen LogP contribution in [0.3, 0.4) is 0 Å². The largest absolute Gasteiger partial charge is 0.462 e. The number of anilines is 2. The summed E-state index contributed by atoms with van der Waals surface area (Å²) in [7, 11) is 0.